The Labute approximate surface area is 170 Å². The second kappa shape index (κ2) is 8.82. The maximum atomic E-state index is 12.9. The van der Waals surface area contributed by atoms with Crippen molar-refractivity contribution in [1.29, 1.82) is 0 Å². The van der Waals surface area contributed by atoms with E-state index < -0.39 is 17.7 Å². The molecule has 29 heavy (non-hydrogen) atoms. The van der Waals surface area contributed by atoms with Gasteiger partial charge in [-0.15, -0.1) is 0 Å². The molecule has 2 aromatic carbocycles. The lowest BCUT2D eigenvalue weighted by molar-refractivity contribution is -0.139. The maximum Gasteiger partial charge on any atom is 0.295 e. The lowest BCUT2D eigenvalue weighted by Gasteiger charge is -2.25. The maximum absolute atomic E-state index is 12.9. The van der Waals surface area contributed by atoms with Crippen LogP contribution in [0.5, 0.6) is 11.5 Å². The third kappa shape index (κ3) is 4.11. The Kier molecular flexibility index (Phi) is 6.22. The molecule has 0 aliphatic carbocycles. The van der Waals surface area contributed by atoms with Crippen molar-refractivity contribution in [3.05, 3.63) is 65.2 Å². The highest BCUT2D eigenvalue weighted by Crippen LogP contribution is 2.40. The lowest BCUT2D eigenvalue weighted by atomic mass is 9.95. The van der Waals surface area contributed by atoms with Gasteiger partial charge in [-0.2, -0.15) is 0 Å². The van der Waals surface area contributed by atoms with Crippen LogP contribution in [-0.4, -0.2) is 40.5 Å². The monoisotopic (exact) mass is 395 g/mol. The largest absolute Gasteiger partial charge is 0.508 e. The summed E-state index contributed by atoms with van der Waals surface area (Å²) in [6, 6.07) is 12.3. The quantitative estimate of drug-likeness (QED) is 0.320. The number of benzene rings is 2. The van der Waals surface area contributed by atoms with Gasteiger partial charge in [-0.05, 0) is 48.4 Å². The van der Waals surface area contributed by atoms with Crippen LogP contribution >= 0.6 is 0 Å². The Morgan fingerprint density at radius 1 is 1.03 bits per heavy atom. The number of phenolic OH excluding ortho intramolecular Hbond substituents is 1. The van der Waals surface area contributed by atoms with Gasteiger partial charge >= 0.3 is 0 Å². The van der Waals surface area contributed by atoms with E-state index in [2.05, 4.69) is 6.92 Å². The second-order valence-electron chi connectivity index (χ2n) is 7.02. The van der Waals surface area contributed by atoms with E-state index in [-0.39, 0.29) is 17.1 Å². The standard InChI is InChI=1S/C23H25NO5/c1-3-4-5-14-24-20(15-6-10-17(25)11-7-15)19(22(27)23(24)28)21(26)16-8-12-18(29-2)13-9-16/h6-13,20,25-26H,3-5,14H2,1-2H3/b21-19-. The SMILES string of the molecule is CCCCCN1C(=O)C(=O)/C(=C(\O)c2ccc(OC)cc2)C1c1ccc(O)cc1. The summed E-state index contributed by atoms with van der Waals surface area (Å²) in [5.41, 5.74) is 1.15. The van der Waals surface area contributed by atoms with Crippen LogP contribution in [0.1, 0.15) is 43.4 Å². The fourth-order valence-electron chi connectivity index (χ4n) is 3.55. The van der Waals surface area contributed by atoms with Crippen molar-refractivity contribution in [1.82, 2.24) is 4.90 Å². The number of aromatic hydroxyl groups is 1. The molecular weight excluding hydrogens is 370 g/mol. The van der Waals surface area contributed by atoms with Crippen LogP contribution in [0, 0.1) is 0 Å². The number of ether oxygens (including phenoxy) is 1. The minimum absolute atomic E-state index is 0.0577. The van der Waals surface area contributed by atoms with Gasteiger partial charge in [-0.25, -0.2) is 0 Å². The number of hydrogen-bond acceptors (Lipinski definition) is 5. The molecule has 3 rings (SSSR count). The Morgan fingerprint density at radius 3 is 2.28 bits per heavy atom. The number of rotatable bonds is 7. The predicted octanol–water partition coefficient (Wildman–Crippen LogP) is 4.01. The molecule has 0 aromatic heterocycles. The van der Waals surface area contributed by atoms with Crippen molar-refractivity contribution in [3.8, 4) is 11.5 Å². The zero-order chi connectivity index (χ0) is 21.0. The van der Waals surface area contributed by atoms with E-state index in [1.54, 1.807) is 43.5 Å². The summed E-state index contributed by atoms with van der Waals surface area (Å²) in [6.07, 6.45) is 2.68. The highest BCUT2D eigenvalue weighted by molar-refractivity contribution is 6.46. The van der Waals surface area contributed by atoms with E-state index in [1.165, 1.54) is 17.0 Å². The summed E-state index contributed by atoms with van der Waals surface area (Å²) in [5, 5.41) is 20.6. The molecule has 0 saturated carbocycles. The molecular formula is C23H25NO5. The Morgan fingerprint density at radius 2 is 1.69 bits per heavy atom. The second-order valence-corrected chi connectivity index (χ2v) is 7.02. The van der Waals surface area contributed by atoms with E-state index in [0.717, 1.165) is 19.3 Å². The molecule has 2 N–H and O–H groups in total. The average molecular weight is 395 g/mol. The number of amides is 1. The van der Waals surface area contributed by atoms with E-state index in [0.29, 0.717) is 23.4 Å². The first-order valence-corrected chi connectivity index (χ1v) is 9.69. The summed E-state index contributed by atoms with van der Waals surface area (Å²) in [7, 11) is 1.54. The van der Waals surface area contributed by atoms with Crippen molar-refractivity contribution < 1.29 is 24.5 Å². The van der Waals surface area contributed by atoms with Crippen molar-refractivity contribution in [3.63, 3.8) is 0 Å². The lowest BCUT2D eigenvalue weighted by Crippen LogP contribution is -2.30. The highest BCUT2D eigenvalue weighted by Gasteiger charge is 2.45. The first kappa shape index (κ1) is 20.5. The van der Waals surface area contributed by atoms with Gasteiger partial charge in [0.1, 0.15) is 17.3 Å². The number of carbonyl (C=O) groups is 2. The van der Waals surface area contributed by atoms with E-state index in [9.17, 15) is 19.8 Å². The molecule has 0 radical (unpaired) electrons. The van der Waals surface area contributed by atoms with E-state index >= 15 is 0 Å². The van der Waals surface area contributed by atoms with E-state index in [4.69, 9.17) is 4.74 Å². The van der Waals surface area contributed by atoms with Gasteiger partial charge in [-0.3, -0.25) is 9.59 Å². The van der Waals surface area contributed by atoms with Crippen LogP contribution in [-0.2, 0) is 9.59 Å². The van der Waals surface area contributed by atoms with Gasteiger partial charge in [0.2, 0.25) is 0 Å². The molecule has 6 heteroatoms. The molecule has 0 spiro atoms. The van der Waals surface area contributed by atoms with Crippen molar-refractivity contribution in [2.75, 3.05) is 13.7 Å². The number of unbranched alkanes of at least 4 members (excludes halogenated alkanes) is 2. The number of methoxy groups -OCH3 is 1. The molecule has 1 amide bonds. The van der Waals surface area contributed by atoms with Crippen LogP contribution in [0.15, 0.2) is 54.1 Å². The van der Waals surface area contributed by atoms with Crippen LogP contribution < -0.4 is 4.74 Å². The molecule has 1 aliphatic heterocycles. The van der Waals surface area contributed by atoms with Crippen LogP contribution in [0.3, 0.4) is 0 Å². The summed E-state index contributed by atoms with van der Waals surface area (Å²) >= 11 is 0. The highest BCUT2D eigenvalue weighted by atomic mass is 16.5. The van der Waals surface area contributed by atoms with Crippen molar-refractivity contribution >= 4 is 17.4 Å². The summed E-state index contributed by atoms with van der Waals surface area (Å²) < 4.78 is 5.14. The zero-order valence-corrected chi connectivity index (χ0v) is 16.6. The molecule has 2 aromatic rings. The molecule has 1 unspecified atom stereocenters. The zero-order valence-electron chi connectivity index (χ0n) is 16.6. The van der Waals surface area contributed by atoms with Crippen LogP contribution in [0.25, 0.3) is 5.76 Å². The molecule has 0 bridgehead atoms. The van der Waals surface area contributed by atoms with Crippen LogP contribution in [0.2, 0.25) is 0 Å². The van der Waals surface area contributed by atoms with Gasteiger partial charge in [0.05, 0.1) is 18.7 Å². The molecule has 152 valence electrons. The van der Waals surface area contributed by atoms with Crippen molar-refractivity contribution in [2.24, 2.45) is 0 Å². The molecule has 6 nitrogen and oxygen atoms in total. The molecule has 1 heterocycles. The third-order valence-electron chi connectivity index (χ3n) is 5.11. The number of Topliss-reactive ketones (excluding diaryl/α,β-unsaturated/α-hetero) is 1. The van der Waals surface area contributed by atoms with Gasteiger partial charge < -0.3 is 19.8 Å². The Bertz CT molecular complexity index is 915. The summed E-state index contributed by atoms with van der Waals surface area (Å²) in [4.78, 5) is 27.1. The van der Waals surface area contributed by atoms with Crippen LogP contribution in [0.4, 0.5) is 0 Å². The third-order valence-corrected chi connectivity index (χ3v) is 5.11. The number of nitrogens with zero attached hydrogens (tertiary/aromatic N) is 1. The number of phenols is 1. The smallest absolute Gasteiger partial charge is 0.295 e. The number of carbonyl (C=O) groups excluding carboxylic acids is 2. The number of likely N-dealkylation sites (tertiary alicyclic amines) is 1. The topological polar surface area (TPSA) is 87.1 Å². The van der Waals surface area contributed by atoms with Crippen molar-refractivity contribution in [2.45, 2.75) is 32.2 Å². The number of ketones is 1. The van der Waals surface area contributed by atoms with E-state index in [1.807, 2.05) is 0 Å². The molecule has 1 atom stereocenters. The Hall–Kier alpha value is -3.28. The van der Waals surface area contributed by atoms with Gasteiger partial charge in [0, 0.05) is 12.1 Å². The first-order chi connectivity index (χ1) is 14.0. The van der Waals surface area contributed by atoms with Gasteiger partial charge in [-0.1, -0.05) is 31.9 Å². The average Bonchev–Trinajstić information content (AvgIpc) is 2.99. The van der Waals surface area contributed by atoms with Gasteiger partial charge in [0.25, 0.3) is 11.7 Å². The fraction of sp³-hybridized carbons (Fsp3) is 0.304. The first-order valence-electron chi connectivity index (χ1n) is 9.69. The minimum atomic E-state index is -0.701. The molecule has 1 saturated heterocycles. The number of aliphatic hydroxyl groups is 1. The normalized spacial score (nSPS) is 18.3. The molecule has 1 aliphatic rings. The minimum Gasteiger partial charge on any atom is -0.508 e. The fourth-order valence-corrected chi connectivity index (χ4v) is 3.55. The molecule has 1 fully saturated rings. The summed E-state index contributed by atoms with van der Waals surface area (Å²) in [5.74, 6) is -0.826. The predicted molar refractivity (Wildman–Crippen MR) is 110 cm³/mol. The number of aliphatic hydroxyl groups excluding tert-OH is 1. The Balaban J connectivity index is 2.09. The number of hydrogen-bond donors (Lipinski definition) is 2. The van der Waals surface area contributed by atoms with Gasteiger partial charge in [0.15, 0.2) is 0 Å². The summed E-state index contributed by atoms with van der Waals surface area (Å²) in [6.45, 7) is 2.48.